The molecule has 0 aliphatic carbocycles. The van der Waals surface area contributed by atoms with E-state index in [1.165, 1.54) is 0 Å². The first kappa shape index (κ1) is 11.8. The molecule has 2 rings (SSSR count). The first-order chi connectivity index (χ1) is 7.64. The molecule has 0 aromatic heterocycles. The standard InChI is InChI=1S/C12H12BrNOS/c1-8-12(16-8,5-6-14)10-7-9(13)3-4-11(10)15-2/h3-4,7-8H,5H2,1-2H3. The van der Waals surface area contributed by atoms with Crippen LogP contribution in [-0.2, 0) is 4.75 Å². The van der Waals surface area contributed by atoms with E-state index in [1.54, 1.807) is 7.11 Å². The first-order valence-corrected chi connectivity index (χ1v) is 6.70. The van der Waals surface area contributed by atoms with Crippen molar-refractivity contribution in [2.24, 2.45) is 0 Å². The summed E-state index contributed by atoms with van der Waals surface area (Å²) in [6, 6.07) is 8.25. The number of hydrogen-bond donors (Lipinski definition) is 0. The van der Waals surface area contributed by atoms with Crippen LogP contribution in [-0.4, -0.2) is 12.4 Å². The Balaban J connectivity index is 2.46. The summed E-state index contributed by atoms with van der Waals surface area (Å²) < 4.78 is 6.34. The van der Waals surface area contributed by atoms with Crippen LogP contribution in [0.3, 0.4) is 0 Å². The van der Waals surface area contributed by atoms with Crippen LogP contribution in [0.1, 0.15) is 18.9 Å². The number of rotatable bonds is 3. The monoisotopic (exact) mass is 297 g/mol. The van der Waals surface area contributed by atoms with Gasteiger partial charge in [0.2, 0.25) is 0 Å². The second kappa shape index (κ2) is 4.31. The lowest BCUT2D eigenvalue weighted by molar-refractivity contribution is 0.405. The molecule has 4 heteroatoms. The third-order valence-corrected chi connectivity index (χ3v) is 5.08. The van der Waals surface area contributed by atoms with Crippen LogP contribution >= 0.6 is 27.7 Å². The molecule has 2 unspecified atom stereocenters. The number of hydrogen-bond acceptors (Lipinski definition) is 3. The number of thioether (sulfide) groups is 1. The summed E-state index contributed by atoms with van der Waals surface area (Å²) in [6.45, 7) is 2.16. The fourth-order valence-electron chi connectivity index (χ4n) is 1.97. The summed E-state index contributed by atoms with van der Waals surface area (Å²) in [6.07, 6.45) is 0.533. The van der Waals surface area contributed by atoms with Crippen LogP contribution in [0.2, 0.25) is 0 Å². The predicted molar refractivity (Wildman–Crippen MR) is 69.7 cm³/mol. The molecule has 1 aliphatic rings. The highest BCUT2D eigenvalue weighted by Crippen LogP contribution is 2.64. The van der Waals surface area contributed by atoms with Crippen LogP contribution in [0.15, 0.2) is 22.7 Å². The molecule has 2 nitrogen and oxygen atoms in total. The zero-order chi connectivity index (χ0) is 11.8. The summed E-state index contributed by atoms with van der Waals surface area (Å²) in [5, 5.41) is 9.42. The molecule has 0 bridgehead atoms. The zero-order valence-corrected chi connectivity index (χ0v) is 11.6. The van der Waals surface area contributed by atoms with E-state index in [4.69, 9.17) is 10.00 Å². The molecule has 0 saturated carbocycles. The van der Waals surface area contributed by atoms with Crippen molar-refractivity contribution in [2.75, 3.05) is 7.11 Å². The Kier molecular flexibility index (Phi) is 3.18. The van der Waals surface area contributed by atoms with Gasteiger partial charge in [0.15, 0.2) is 0 Å². The van der Waals surface area contributed by atoms with E-state index in [-0.39, 0.29) is 4.75 Å². The third-order valence-electron chi connectivity index (χ3n) is 2.95. The van der Waals surface area contributed by atoms with Gasteiger partial charge in [0.25, 0.3) is 0 Å². The Morgan fingerprint density at radius 2 is 2.31 bits per heavy atom. The topological polar surface area (TPSA) is 33.0 Å². The molecule has 2 atom stereocenters. The number of methoxy groups -OCH3 is 1. The molecule has 1 aromatic rings. The lowest BCUT2D eigenvalue weighted by Gasteiger charge is -2.16. The minimum atomic E-state index is -0.0656. The van der Waals surface area contributed by atoms with Gasteiger partial charge >= 0.3 is 0 Å². The molecule has 84 valence electrons. The maximum atomic E-state index is 8.94. The van der Waals surface area contributed by atoms with Crippen molar-refractivity contribution in [1.29, 1.82) is 5.26 Å². The van der Waals surface area contributed by atoms with Crippen molar-refractivity contribution < 1.29 is 4.74 Å². The van der Waals surface area contributed by atoms with E-state index < -0.39 is 0 Å². The largest absolute Gasteiger partial charge is 0.496 e. The average Bonchev–Trinajstić information content (AvgIpc) is 2.91. The maximum Gasteiger partial charge on any atom is 0.123 e. The van der Waals surface area contributed by atoms with Gasteiger partial charge in [0.1, 0.15) is 5.75 Å². The number of halogens is 1. The van der Waals surface area contributed by atoms with E-state index in [0.717, 1.165) is 15.8 Å². The molecule has 1 saturated heterocycles. The van der Waals surface area contributed by atoms with Crippen LogP contribution in [0.5, 0.6) is 5.75 Å². The van der Waals surface area contributed by atoms with E-state index in [9.17, 15) is 0 Å². The lowest BCUT2D eigenvalue weighted by Crippen LogP contribution is -2.11. The van der Waals surface area contributed by atoms with E-state index in [0.29, 0.717) is 11.7 Å². The van der Waals surface area contributed by atoms with Crippen molar-refractivity contribution in [3.63, 3.8) is 0 Å². The molecule has 1 heterocycles. The smallest absolute Gasteiger partial charge is 0.123 e. The number of nitriles is 1. The van der Waals surface area contributed by atoms with Crippen molar-refractivity contribution in [3.05, 3.63) is 28.2 Å². The molecule has 1 aromatic carbocycles. The highest BCUT2D eigenvalue weighted by Gasteiger charge is 2.55. The van der Waals surface area contributed by atoms with Gasteiger partial charge in [0.05, 0.1) is 24.3 Å². The Morgan fingerprint density at radius 1 is 1.62 bits per heavy atom. The normalized spacial score (nSPS) is 27.2. The van der Waals surface area contributed by atoms with Gasteiger partial charge < -0.3 is 4.74 Å². The summed E-state index contributed by atoms with van der Waals surface area (Å²) in [7, 11) is 1.67. The lowest BCUT2D eigenvalue weighted by atomic mass is 9.93. The van der Waals surface area contributed by atoms with Crippen LogP contribution in [0.4, 0.5) is 0 Å². The molecule has 1 aliphatic heterocycles. The summed E-state index contributed by atoms with van der Waals surface area (Å²) in [5.74, 6) is 0.871. The maximum absolute atomic E-state index is 8.94. The first-order valence-electron chi connectivity index (χ1n) is 5.03. The molecule has 0 amide bonds. The van der Waals surface area contributed by atoms with Gasteiger partial charge in [0, 0.05) is 15.3 Å². The highest BCUT2D eigenvalue weighted by atomic mass is 79.9. The van der Waals surface area contributed by atoms with Crippen LogP contribution in [0, 0.1) is 11.3 Å². The van der Waals surface area contributed by atoms with Crippen molar-refractivity contribution >= 4 is 27.7 Å². The molecular weight excluding hydrogens is 286 g/mol. The van der Waals surface area contributed by atoms with Gasteiger partial charge in [-0.25, -0.2) is 0 Å². The van der Waals surface area contributed by atoms with E-state index >= 15 is 0 Å². The third kappa shape index (κ3) is 1.83. The Labute approximate surface area is 108 Å². The van der Waals surface area contributed by atoms with Gasteiger partial charge in [-0.3, -0.25) is 0 Å². The highest BCUT2D eigenvalue weighted by molar-refractivity contribution is 9.10. The van der Waals surface area contributed by atoms with Crippen LogP contribution in [0.25, 0.3) is 0 Å². The quantitative estimate of drug-likeness (QED) is 0.798. The molecule has 16 heavy (non-hydrogen) atoms. The van der Waals surface area contributed by atoms with Crippen molar-refractivity contribution in [3.8, 4) is 11.8 Å². The fraction of sp³-hybridized carbons (Fsp3) is 0.417. The minimum absolute atomic E-state index is 0.0656. The van der Waals surface area contributed by atoms with Crippen LogP contribution < -0.4 is 4.74 Å². The van der Waals surface area contributed by atoms with Gasteiger partial charge in [-0.1, -0.05) is 22.9 Å². The van der Waals surface area contributed by atoms with Gasteiger partial charge in [-0.15, -0.1) is 11.8 Å². The minimum Gasteiger partial charge on any atom is -0.496 e. The second-order valence-electron chi connectivity index (χ2n) is 3.83. The molecule has 0 radical (unpaired) electrons. The fourth-order valence-corrected chi connectivity index (χ4v) is 3.54. The predicted octanol–water partition coefficient (Wildman–Crippen LogP) is 3.70. The van der Waals surface area contributed by atoms with E-state index in [2.05, 4.69) is 35.0 Å². The number of ether oxygens (including phenoxy) is 1. The second-order valence-corrected chi connectivity index (χ2v) is 6.42. The average molecular weight is 298 g/mol. The number of benzene rings is 1. The summed E-state index contributed by atoms with van der Waals surface area (Å²) >= 11 is 5.30. The number of nitrogens with zero attached hydrogens (tertiary/aromatic N) is 1. The SMILES string of the molecule is COc1ccc(Br)cc1C1(CC#N)SC1C. The summed E-state index contributed by atoms with van der Waals surface area (Å²) in [5.41, 5.74) is 1.13. The van der Waals surface area contributed by atoms with Crippen molar-refractivity contribution in [2.45, 2.75) is 23.3 Å². The molecule has 0 spiro atoms. The molecule has 1 fully saturated rings. The van der Waals surface area contributed by atoms with Crippen molar-refractivity contribution in [1.82, 2.24) is 0 Å². The van der Waals surface area contributed by atoms with Gasteiger partial charge in [-0.2, -0.15) is 5.26 Å². The molecule has 0 N–H and O–H groups in total. The Bertz CT molecular complexity index is 457. The summed E-state index contributed by atoms with van der Waals surface area (Å²) in [4.78, 5) is 0. The molecular formula is C12H12BrNOS. The Hall–Kier alpha value is -0.660. The van der Waals surface area contributed by atoms with Gasteiger partial charge in [-0.05, 0) is 18.2 Å². The van der Waals surface area contributed by atoms with E-state index in [1.807, 2.05) is 23.9 Å². The zero-order valence-electron chi connectivity index (χ0n) is 9.16. The Morgan fingerprint density at radius 3 is 2.81 bits per heavy atom.